The molecule has 2 amide bonds. The van der Waals surface area contributed by atoms with E-state index in [4.69, 9.17) is 4.74 Å². The highest BCUT2D eigenvalue weighted by Crippen LogP contribution is 2.29. The number of carbonyl (C=O) groups excluding carboxylic acids is 1. The number of aliphatic hydroxyl groups is 1. The van der Waals surface area contributed by atoms with Crippen molar-refractivity contribution >= 4 is 28.7 Å². The maximum atomic E-state index is 11.9. The lowest BCUT2D eigenvalue weighted by atomic mass is 10.2. The summed E-state index contributed by atoms with van der Waals surface area (Å²) in [7, 11) is 1.62. The second-order valence-corrected chi connectivity index (χ2v) is 7.63. The van der Waals surface area contributed by atoms with E-state index in [1.807, 2.05) is 53.2 Å². The molecule has 2 aromatic heterocycles. The molecule has 0 spiro atoms. The largest absolute Gasteiger partial charge is 0.497 e. The van der Waals surface area contributed by atoms with Gasteiger partial charge in [0.2, 0.25) is 0 Å². The number of nitrogens with one attached hydrogen (secondary N) is 2. The standard InChI is InChI=1S/C19H20N2O3S2/c1-24-15-4-2-13(3-5-15)10-20-19(23)21-11-16-6-7-17(26-16)18(22)14-8-9-25-12-14/h2-9,12,18,22H,10-11H2,1H3,(H2,20,21,23)/t18-/m1/s1. The molecule has 136 valence electrons. The zero-order chi connectivity index (χ0) is 18.4. The average molecular weight is 389 g/mol. The summed E-state index contributed by atoms with van der Waals surface area (Å²) in [6, 6.07) is 13.1. The van der Waals surface area contributed by atoms with Crippen LogP contribution in [0.5, 0.6) is 5.75 Å². The molecule has 3 aromatic rings. The fourth-order valence-corrected chi connectivity index (χ4v) is 4.03. The monoisotopic (exact) mass is 388 g/mol. The molecular weight excluding hydrogens is 368 g/mol. The number of hydrogen-bond acceptors (Lipinski definition) is 5. The second kappa shape index (κ2) is 8.84. The number of aliphatic hydroxyl groups excluding tert-OH is 1. The topological polar surface area (TPSA) is 70.6 Å². The number of carbonyl (C=O) groups is 1. The van der Waals surface area contributed by atoms with Gasteiger partial charge in [-0.05, 0) is 52.2 Å². The minimum atomic E-state index is -0.608. The Hall–Kier alpha value is -2.35. The SMILES string of the molecule is COc1ccc(CNC(=O)NCc2ccc([C@H](O)c3ccsc3)s2)cc1. The normalized spacial score (nSPS) is 11.8. The number of ether oxygens (including phenoxy) is 1. The predicted octanol–water partition coefficient (Wildman–Crippen LogP) is 3.90. The third kappa shape index (κ3) is 4.85. The van der Waals surface area contributed by atoms with E-state index in [2.05, 4.69) is 10.6 Å². The van der Waals surface area contributed by atoms with E-state index in [1.54, 1.807) is 18.4 Å². The van der Waals surface area contributed by atoms with E-state index in [1.165, 1.54) is 11.3 Å². The number of methoxy groups -OCH3 is 1. The van der Waals surface area contributed by atoms with Gasteiger partial charge in [-0.1, -0.05) is 12.1 Å². The zero-order valence-electron chi connectivity index (χ0n) is 14.3. The van der Waals surface area contributed by atoms with Crippen molar-refractivity contribution < 1.29 is 14.6 Å². The molecule has 3 rings (SSSR count). The fraction of sp³-hybridized carbons (Fsp3) is 0.211. The van der Waals surface area contributed by atoms with Crippen molar-refractivity contribution in [2.75, 3.05) is 7.11 Å². The van der Waals surface area contributed by atoms with Crippen LogP contribution in [0.4, 0.5) is 4.79 Å². The minimum absolute atomic E-state index is 0.228. The summed E-state index contributed by atoms with van der Waals surface area (Å²) in [6.07, 6.45) is -0.608. The number of hydrogen-bond donors (Lipinski definition) is 3. The lowest BCUT2D eigenvalue weighted by molar-refractivity contribution is 0.224. The van der Waals surface area contributed by atoms with Gasteiger partial charge >= 0.3 is 6.03 Å². The Balaban J connectivity index is 1.45. The molecule has 1 aromatic carbocycles. The lowest BCUT2D eigenvalue weighted by Gasteiger charge is -2.08. The van der Waals surface area contributed by atoms with E-state index in [9.17, 15) is 9.90 Å². The first-order chi connectivity index (χ1) is 12.7. The van der Waals surface area contributed by atoms with E-state index >= 15 is 0 Å². The summed E-state index contributed by atoms with van der Waals surface area (Å²) in [6.45, 7) is 0.873. The fourth-order valence-electron chi connectivity index (χ4n) is 2.39. The molecule has 0 fully saturated rings. The molecule has 2 heterocycles. The summed E-state index contributed by atoms with van der Waals surface area (Å²) in [4.78, 5) is 13.8. The first kappa shape index (κ1) is 18.4. The van der Waals surface area contributed by atoms with Crippen molar-refractivity contribution in [3.05, 3.63) is 74.1 Å². The molecule has 7 heteroatoms. The molecule has 0 saturated heterocycles. The maximum absolute atomic E-state index is 11.9. The Labute approximate surface area is 160 Å². The smallest absolute Gasteiger partial charge is 0.315 e. The third-order valence-electron chi connectivity index (χ3n) is 3.85. The highest BCUT2D eigenvalue weighted by Gasteiger charge is 2.13. The molecule has 0 bridgehead atoms. The van der Waals surface area contributed by atoms with Gasteiger partial charge in [0, 0.05) is 16.3 Å². The Bertz CT molecular complexity index is 829. The van der Waals surface area contributed by atoms with Crippen LogP contribution < -0.4 is 15.4 Å². The molecule has 0 aliphatic carbocycles. The first-order valence-electron chi connectivity index (χ1n) is 8.09. The van der Waals surface area contributed by atoms with Crippen LogP contribution in [0.3, 0.4) is 0 Å². The number of benzene rings is 1. The lowest BCUT2D eigenvalue weighted by Crippen LogP contribution is -2.34. The van der Waals surface area contributed by atoms with Gasteiger partial charge in [0.05, 0.1) is 13.7 Å². The van der Waals surface area contributed by atoms with Crippen molar-refractivity contribution in [1.82, 2.24) is 10.6 Å². The highest BCUT2D eigenvalue weighted by molar-refractivity contribution is 7.12. The predicted molar refractivity (Wildman–Crippen MR) is 105 cm³/mol. The summed E-state index contributed by atoms with van der Waals surface area (Å²) in [5, 5.41) is 19.9. The van der Waals surface area contributed by atoms with E-state index in [0.29, 0.717) is 13.1 Å². The molecule has 0 saturated carbocycles. The molecule has 5 nitrogen and oxygen atoms in total. The second-order valence-electron chi connectivity index (χ2n) is 5.65. The van der Waals surface area contributed by atoms with Gasteiger partial charge in [-0.15, -0.1) is 11.3 Å². The van der Waals surface area contributed by atoms with Gasteiger partial charge in [-0.3, -0.25) is 0 Å². The van der Waals surface area contributed by atoms with Crippen LogP contribution in [-0.2, 0) is 13.1 Å². The van der Waals surface area contributed by atoms with Crippen LogP contribution in [0.25, 0.3) is 0 Å². The Morgan fingerprint density at radius 2 is 1.88 bits per heavy atom. The van der Waals surface area contributed by atoms with Gasteiger partial charge in [0.25, 0.3) is 0 Å². The average Bonchev–Trinajstić information content (AvgIpc) is 3.36. The van der Waals surface area contributed by atoms with Crippen molar-refractivity contribution in [2.45, 2.75) is 19.2 Å². The van der Waals surface area contributed by atoms with E-state index in [-0.39, 0.29) is 6.03 Å². The third-order valence-corrected chi connectivity index (χ3v) is 5.69. The van der Waals surface area contributed by atoms with Crippen LogP contribution in [0.2, 0.25) is 0 Å². The van der Waals surface area contributed by atoms with Gasteiger partial charge < -0.3 is 20.5 Å². The molecule has 3 N–H and O–H groups in total. The maximum Gasteiger partial charge on any atom is 0.315 e. The highest BCUT2D eigenvalue weighted by atomic mass is 32.1. The molecule has 0 aliphatic rings. The van der Waals surface area contributed by atoms with Crippen LogP contribution >= 0.6 is 22.7 Å². The number of urea groups is 1. The molecule has 0 radical (unpaired) electrons. The van der Waals surface area contributed by atoms with Crippen molar-refractivity contribution in [3.63, 3.8) is 0 Å². The van der Waals surface area contributed by atoms with Crippen LogP contribution in [0.15, 0.2) is 53.2 Å². The quantitative estimate of drug-likeness (QED) is 0.575. The summed E-state index contributed by atoms with van der Waals surface area (Å²) >= 11 is 3.06. The van der Waals surface area contributed by atoms with Gasteiger partial charge in [-0.2, -0.15) is 11.3 Å². The van der Waals surface area contributed by atoms with Gasteiger partial charge in [0.15, 0.2) is 0 Å². The Morgan fingerprint density at radius 1 is 1.12 bits per heavy atom. The zero-order valence-corrected chi connectivity index (χ0v) is 15.9. The van der Waals surface area contributed by atoms with Crippen molar-refractivity contribution in [1.29, 1.82) is 0 Å². The Kier molecular flexibility index (Phi) is 6.27. The van der Waals surface area contributed by atoms with Crippen LogP contribution in [0, 0.1) is 0 Å². The molecule has 0 aliphatic heterocycles. The molecule has 0 unspecified atom stereocenters. The molecular formula is C19H20N2O3S2. The summed E-state index contributed by atoms with van der Waals surface area (Å²) in [5.41, 5.74) is 1.90. The van der Waals surface area contributed by atoms with Crippen LogP contribution in [0.1, 0.15) is 27.0 Å². The summed E-state index contributed by atoms with van der Waals surface area (Å²) in [5.74, 6) is 0.788. The molecule has 26 heavy (non-hydrogen) atoms. The number of thiophene rings is 2. The van der Waals surface area contributed by atoms with Gasteiger partial charge in [0.1, 0.15) is 11.9 Å². The van der Waals surface area contributed by atoms with E-state index in [0.717, 1.165) is 26.6 Å². The van der Waals surface area contributed by atoms with Crippen molar-refractivity contribution in [2.24, 2.45) is 0 Å². The number of rotatable bonds is 7. The number of amides is 2. The Morgan fingerprint density at radius 3 is 2.58 bits per heavy atom. The van der Waals surface area contributed by atoms with Gasteiger partial charge in [-0.25, -0.2) is 4.79 Å². The van der Waals surface area contributed by atoms with Crippen molar-refractivity contribution in [3.8, 4) is 5.75 Å². The summed E-state index contributed by atoms with van der Waals surface area (Å²) < 4.78 is 5.11. The minimum Gasteiger partial charge on any atom is -0.497 e. The van der Waals surface area contributed by atoms with E-state index < -0.39 is 6.10 Å². The van der Waals surface area contributed by atoms with Crippen LogP contribution in [-0.4, -0.2) is 18.2 Å². The first-order valence-corrected chi connectivity index (χ1v) is 9.85. The molecule has 1 atom stereocenters.